The first-order valence-corrected chi connectivity index (χ1v) is 11.1. The molecule has 0 N–H and O–H groups in total. The Kier molecular flexibility index (Phi) is 6.59. The first kappa shape index (κ1) is 21.4. The van der Waals surface area contributed by atoms with E-state index in [2.05, 4.69) is 31.9 Å². The van der Waals surface area contributed by atoms with E-state index in [1.165, 1.54) is 0 Å². The van der Waals surface area contributed by atoms with Gasteiger partial charge in [0.15, 0.2) is 0 Å². The topological polar surface area (TPSA) is 44.8 Å². The molecule has 1 heterocycles. The Labute approximate surface area is 197 Å². The summed E-state index contributed by atoms with van der Waals surface area (Å²) in [6, 6.07) is 21.1. The number of halogens is 2. The number of hydrogen-bond acceptors (Lipinski definition) is 4. The molecule has 0 saturated heterocycles. The van der Waals surface area contributed by atoms with Crippen LogP contribution in [-0.4, -0.2) is 13.1 Å². The molecule has 0 aromatic heterocycles. The van der Waals surface area contributed by atoms with Crippen LogP contribution in [0.15, 0.2) is 87.3 Å². The average molecular weight is 542 g/mol. The van der Waals surface area contributed by atoms with E-state index >= 15 is 0 Å². The lowest BCUT2D eigenvalue weighted by Gasteiger charge is -2.11. The van der Waals surface area contributed by atoms with Crippen molar-refractivity contribution in [2.45, 2.75) is 6.61 Å². The van der Waals surface area contributed by atoms with Gasteiger partial charge in [0.25, 0.3) is 0 Å². The summed E-state index contributed by atoms with van der Waals surface area (Å²) in [5.41, 5.74) is 3.20. The highest BCUT2D eigenvalue weighted by Gasteiger charge is 2.22. The van der Waals surface area contributed by atoms with Crippen LogP contribution >= 0.6 is 31.9 Å². The summed E-state index contributed by atoms with van der Waals surface area (Å²) in [5, 5.41) is 0. The van der Waals surface area contributed by atoms with Gasteiger partial charge in [-0.05, 0) is 91.5 Å². The molecule has 0 radical (unpaired) electrons. The lowest BCUT2D eigenvalue weighted by molar-refractivity contribution is -0.130. The van der Waals surface area contributed by atoms with Crippen molar-refractivity contribution in [1.29, 1.82) is 0 Å². The van der Waals surface area contributed by atoms with Gasteiger partial charge in [0, 0.05) is 5.56 Å². The monoisotopic (exact) mass is 540 g/mol. The molecule has 0 amide bonds. The van der Waals surface area contributed by atoms with E-state index in [-0.39, 0.29) is 5.97 Å². The van der Waals surface area contributed by atoms with Gasteiger partial charge >= 0.3 is 5.97 Å². The van der Waals surface area contributed by atoms with Crippen LogP contribution in [0.5, 0.6) is 11.5 Å². The van der Waals surface area contributed by atoms with E-state index in [4.69, 9.17) is 14.2 Å². The Morgan fingerprint density at radius 3 is 2.29 bits per heavy atom. The summed E-state index contributed by atoms with van der Waals surface area (Å²) in [4.78, 5) is 12.4. The second-order valence-corrected chi connectivity index (χ2v) is 8.52. The van der Waals surface area contributed by atoms with Crippen molar-refractivity contribution in [3.8, 4) is 11.5 Å². The number of rotatable bonds is 6. The molecule has 0 bridgehead atoms. The predicted molar refractivity (Wildman–Crippen MR) is 128 cm³/mol. The summed E-state index contributed by atoms with van der Waals surface area (Å²) in [5.74, 6) is 1.57. The van der Waals surface area contributed by atoms with E-state index in [0.29, 0.717) is 23.7 Å². The van der Waals surface area contributed by atoms with Crippen LogP contribution in [0.1, 0.15) is 16.7 Å². The van der Waals surface area contributed by atoms with E-state index in [9.17, 15) is 4.79 Å². The maximum atomic E-state index is 12.4. The van der Waals surface area contributed by atoms with Gasteiger partial charge in [0.2, 0.25) is 0 Å². The largest absolute Gasteiger partial charge is 0.497 e. The van der Waals surface area contributed by atoms with Crippen LogP contribution < -0.4 is 9.47 Å². The van der Waals surface area contributed by atoms with Gasteiger partial charge < -0.3 is 14.2 Å². The molecular formula is C25H18Br2O4. The SMILES string of the molecule is COc1ccc(C2=C/C(=C\c3cc(Br)c(OCc4ccccc4)c(Br)c3)C(=O)O2)cc1. The van der Waals surface area contributed by atoms with Crippen molar-refractivity contribution in [3.05, 3.63) is 104 Å². The van der Waals surface area contributed by atoms with Crippen LogP contribution in [-0.2, 0) is 16.1 Å². The van der Waals surface area contributed by atoms with Crippen LogP contribution in [0.3, 0.4) is 0 Å². The van der Waals surface area contributed by atoms with Crippen molar-refractivity contribution in [3.63, 3.8) is 0 Å². The highest BCUT2D eigenvalue weighted by Crippen LogP contribution is 2.37. The van der Waals surface area contributed by atoms with Crippen molar-refractivity contribution >= 4 is 49.7 Å². The van der Waals surface area contributed by atoms with Gasteiger partial charge in [0.05, 0.1) is 21.6 Å². The molecule has 1 aliphatic rings. The molecule has 6 heteroatoms. The van der Waals surface area contributed by atoms with Gasteiger partial charge in [-0.25, -0.2) is 4.79 Å². The van der Waals surface area contributed by atoms with E-state index in [0.717, 1.165) is 31.4 Å². The number of ether oxygens (including phenoxy) is 3. The normalized spacial score (nSPS) is 14.4. The second kappa shape index (κ2) is 9.54. The molecule has 0 atom stereocenters. The quantitative estimate of drug-likeness (QED) is 0.255. The van der Waals surface area contributed by atoms with Crippen LogP contribution in [0.25, 0.3) is 11.8 Å². The minimum Gasteiger partial charge on any atom is -0.497 e. The third-order valence-corrected chi connectivity index (χ3v) is 5.85. The number of methoxy groups -OCH3 is 1. The third kappa shape index (κ3) is 5.09. The molecule has 0 unspecified atom stereocenters. The van der Waals surface area contributed by atoms with E-state index in [1.807, 2.05) is 66.7 Å². The highest BCUT2D eigenvalue weighted by atomic mass is 79.9. The zero-order chi connectivity index (χ0) is 21.8. The first-order valence-electron chi connectivity index (χ1n) is 9.49. The van der Waals surface area contributed by atoms with Crippen LogP contribution in [0, 0.1) is 0 Å². The predicted octanol–water partition coefficient (Wildman–Crippen LogP) is 6.78. The van der Waals surface area contributed by atoms with E-state index in [1.54, 1.807) is 19.3 Å². The lowest BCUT2D eigenvalue weighted by atomic mass is 10.1. The smallest absolute Gasteiger partial charge is 0.343 e. The molecule has 31 heavy (non-hydrogen) atoms. The molecule has 0 saturated carbocycles. The Hall–Kier alpha value is -2.83. The maximum Gasteiger partial charge on any atom is 0.343 e. The zero-order valence-corrected chi connectivity index (χ0v) is 19.8. The number of cyclic esters (lactones) is 1. The Morgan fingerprint density at radius 1 is 0.968 bits per heavy atom. The fraction of sp³-hybridized carbons (Fsp3) is 0.0800. The first-order chi connectivity index (χ1) is 15.0. The molecule has 3 aromatic rings. The Morgan fingerprint density at radius 2 is 1.65 bits per heavy atom. The van der Waals surface area contributed by atoms with Gasteiger partial charge in [-0.3, -0.25) is 0 Å². The average Bonchev–Trinajstić information content (AvgIpc) is 3.14. The number of hydrogen-bond donors (Lipinski definition) is 0. The van der Waals surface area contributed by atoms with Crippen LogP contribution in [0.2, 0.25) is 0 Å². The number of carbonyl (C=O) groups is 1. The molecule has 0 aliphatic carbocycles. The van der Waals surface area contributed by atoms with Gasteiger partial charge in [-0.2, -0.15) is 0 Å². The van der Waals surface area contributed by atoms with Gasteiger partial charge in [-0.1, -0.05) is 30.3 Å². The minimum atomic E-state index is -0.387. The molecular weight excluding hydrogens is 524 g/mol. The fourth-order valence-corrected chi connectivity index (χ4v) is 4.55. The summed E-state index contributed by atoms with van der Waals surface area (Å²) in [7, 11) is 1.61. The minimum absolute atomic E-state index is 0.387. The fourth-order valence-electron chi connectivity index (χ4n) is 3.10. The van der Waals surface area contributed by atoms with Crippen LogP contribution in [0.4, 0.5) is 0 Å². The van der Waals surface area contributed by atoms with Crippen molar-refractivity contribution in [1.82, 2.24) is 0 Å². The highest BCUT2D eigenvalue weighted by molar-refractivity contribution is 9.11. The van der Waals surface area contributed by atoms with Gasteiger partial charge in [-0.15, -0.1) is 0 Å². The van der Waals surface area contributed by atoms with Crippen molar-refractivity contribution in [2.75, 3.05) is 7.11 Å². The Balaban J connectivity index is 1.55. The molecule has 4 rings (SSSR count). The standard InChI is InChI=1S/C25H18Br2O4/c1-29-20-9-7-18(8-10-20)23-14-19(25(28)31-23)11-17-12-21(26)24(22(27)13-17)30-15-16-5-3-2-4-6-16/h2-14H,15H2,1H3/b19-11+. The summed E-state index contributed by atoms with van der Waals surface area (Å²) in [6.07, 6.45) is 3.53. The van der Waals surface area contributed by atoms with Crippen molar-refractivity contribution in [2.24, 2.45) is 0 Å². The van der Waals surface area contributed by atoms with Crippen molar-refractivity contribution < 1.29 is 19.0 Å². The Bertz CT molecular complexity index is 1140. The third-order valence-electron chi connectivity index (χ3n) is 4.67. The number of benzene rings is 3. The lowest BCUT2D eigenvalue weighted by Crippen LogP contribution is -1.98. The van der Waals surface area contributed by atoms with Gasteiger partial charge in [0.1, 0.15) is 23.9 Å². The summed E-state index contributed by atoms with van der Waals surface area (Å²) < 4.78 is 18.2. The maximum absolute atomic E-state index is 12.4. The molecule has 0 spiro atoms. The molecule has 3 aromatic carbocycles. The second-order valence-electron chi connectivity index (χ2n) is 6.81. The molecule has 156 valence electrons. The molecule has 1 aliphatic heterocycles. The molecule has 0 fully saturated rings. The van der Waals surface area contributed by atoms with E-state index < -0.39 is 0 Å². The molecule has 4 nitrogen and oxygen atoms in total. The summed E-state index contributed by atoms with van der Waals surface area (Å²) in [6.45, 7) is 0.457. The zero-order valence-electron chi connectivity index (χ0n) is 16.6. The number of carbonyl (C=O) groups excluding carboxylic acids is 1. The number of esters is 1. The summed E-state index contributed by atoms with van der Waals surface area (Å²) >= 11 is 7.14.